The largest absolute Gasteiger partial charge is 0.465 e. The Hall–Kier alpha value is -4.41. The summed E-state index contributed by atoms with van der Waals surface area (Å²) in [5.74, 6) is -1.62. The van der Waals surface area contributed by atoms with Gasteiger partial charge in [-0.2, -0.15) is 0 Å². The third-order valence-electron chi connectivity index (χ3n) is 6.10. The first-order chi connectivity index (χ1) is 19.7. The summed E-state index contributed by atoms with van der Waals surface area (Å²) in [5, 5.41) is 8.18. The number of hydrogen-bond acceptors (Lipinski definition) is 7. The van der Waals surface area contributed by atoms with E-state index < -0.39 is 17.1 Å². The fourth-order valence-corrected chi connectivity index (χ4v) is 5.92. The highest BCUT2D eigenvalue weighted by Gasteiger charge is 2.27. The molecule has 41 heavy (non-hydrogen) atoms. The van der Waals surface area contributed by atoms with Crippen LogP contribution in [0, 0.1) is 13.8 Å². The smallest absolute Gasteiger partial charge is 0.341 e. The van der Waals surface area contributed by atoms with Gasteiger partial charge in [0.15, 0.2) is 0 Å². The number of ether oxygens (including phenoxy) is 1. The standard InChI is InChI=1S/C31H29N3O5S2/c1-18-13-15-21(16-14-18)28(36)33-23-11-8-12-24(17-23)40-20(3)27(35)34-30-25(31(38)39-4)19(2)26(41-30)29(37)32-22-9-6-5-7-10-22/h5-17,20H,1-4H3,(H,32,37)(H,33,36)(H,34,35). The van der Waals surface area contributed by atoms with Gasteiger partial charge in [-0.25, -0.2) is 4.79 Å². The highest BCUT2D eigenvalue weighted by molar-refractivity contribution is 8.00. The van der Waals surface area contributed by atoms with E-state index in [0.29, 0.717) is 27.4 Å². The summed E-state index contributed by atoms with van der Waals surface area (Å²) in [6.07, 6.45) is 0. The topological polar surface area (TPSA) is 114 Å². The maximum absolute atomic E-state index is 13.2. The Morgan fingerprint density at radius 1 is 0.805 bits per heavy atom. The van der Waals surface area contributed by atoms with E-state index in [1.54, 1.807) is 68.4 Å². The molecule has 0 aliphatic carbocycles. The lowest BCUT2D eigenvalue weighted by molar-refractivity contribution is -0.115. The molecule has 4 rings (SSSR count). The highest BCUT2D eigenvalue weighted by Crippen LogP contribution is 2.35. The SMILES string of the molecule is COC(=O)c1c(NC(=O)C(C)Sc2cccc(NC(=O)c3ccc(C)cc3)c2)sc(C(=O)Nc2ccccc2)c1C. The van der Waals surface area contributed by atoms with Crippen molar-refractivity contribution in [3.05, 3.63) is 106 Å². The minimum absolute atomic E-state index is 0.141. The van der Waals surface area contributed by atoms with Crippen molar-refractivity contribution in [2.24, 2.45) is 0 Å². The number of esters is 1. The van der Waals surface area contributed by atoms with Crippen molar-refractivity contribution in [2.75, 3.05) is 23.1 Å². The second kappa shape index (κ2) is 13.3. The highest BCUT2D eigenvalue weighted by atomic mass is 32.2. The summed E-state index contributed by atoms with van der Waals surface area (Å²) in [4.78, 5) is 52.5. The minimum atomic E-state index is -0.648. The Kier molecular flexibility index (Phi) is 9.59. The molecule has 3 N–H and O–H groups in total. The third-order valence-corrected chi connectivity index (χ3v) is 8.40. The summed E-state index contributed by atoms with van der Waals surface area (Å²) < 4.78 is 4.93. The van der Waals surface area contributed by atoms with E-state index in [4.69, 9.17) is 4.74 Å². The number of nitrogens with one attached hydrogen (secondary N) is 3. The Bertz CT molecular complexity index is 1580. The molecule has 0 aliphatic heterocycles. The molecule has 210 valence electrons. The van der Waals surface area contributed by atoms with Crippen molar-refractivity contribution in [2.45, 2.75) is 30.9 Å². The average Bonchev–Trinajstić information content (AvgIpc) is 3.29. The number of carbonyl (C=O) groups is 4. The van der Waals surface area contributed by atoms with Crippen molar-refractivity contribution in [3.8, 4) is 0 Å². The van der Waals surface area contributed by atoms with Gasteiger partial charge in [-0.3, -0.25) is 14.4 Å². The predicted octanol–water partition coefficient (Wildman–Crippen LogP) is 6.78. The molecule has 0 aliphatic rings. The van der Waals surface area contributed by atoms with E-state index in [0.717, 1.165) is 21.8 Å². The molecular formula is C31H29N3O5S2. The number of rotatable bonds is 9. The van der Waals surface area contributed by atoms with Crippen LogP contribution in [0.15, 0.2) is 83.8 Å². The molecule has 3 amide bonds. The van der Waals surface area contributed by atoms with Gasteiger partial charge >= 0.3 is 5.97 Å². The number of anilines is 3. The zero-order valence-electron chi connectivity index (χ0n) is 22.9. The van der Waals surface area contributed by atoms with E-state index in [1.807, 2.05) is 31.2 Å². The Morgan fingerprint density at radius 3 is 2.15 bits per heavy atom. The van der Waals surface area contributed by atoms with E-state index in [1.165, 1.54) is 18.9 Å². The van der Waals surface area contributed by atoms with Crippen LogP contribution in [0.25, 0.3) is 0 Å². The van der Waals surface area contributed by atoms with Crippen LogP contribution in [-0.4, -0.2) is 36.1 Å². The maximum atomic E-state index is 13.2. The van der Waals surface area contributed by atoms with Crippen LogP contribution in [0.1, 0.15) is 48.4 Å². The molecule has 0 radical (unpaired) electrons. The van der Waals surface area contributed by atoms with E-state index in [-0.39, 0.29) is 22.4 Å². The normalized spacial score (nSPS) is 11.3. The van der Waals surface area contributed by atoms with E-state index in [9.17, 15) is 19.2 Å². The van der Waals surface area contributed by atoms with Gasteiger partial charge in [-0.15, -0.1) is 23.1 Å². The lowest BCUT2D eigenvalue weighted by Crippen LogP contribution is -2.23. The predicted molar refractivity (Wildman–Crippen MR) is 164 cm³/mol. The number of carbonyl (C=O) groups excluding carboxylic acids is 4. The molecule has 0 saturated heterocycles. The lowest BCUT2D eigenvalue weighted by atomic mass is 10.1. The van der Waals surface area contributed by atoms with Crippen molar-refractivity contribution in [1.82, 2.24) is 0 Å². The minimum Gasteiger partial charge on any atom is -0.465 e. The zero-order chi connectivity index (χ0) is 29.5. The van der Waals surface area contributed by atoms with Gasteiger partial charge in [0.1, 0.15) is 5.00 Å². The fraction of sp³-hybridized carbons (Fsp3) is 0.161. The van der Waals surface area contributed by atoms with Crippen LogP contribution in [0.2, 0.25) is 0 Å². The first kappa shape index (κ1) is 29.6. The van der Waals surface area contributed by atoms with Gasteiger partial charge in [0, 0.05) is 21.8 Å². The van der Waals surface area contributed by atoms with Gasteiger partial charge in [-0.1, -0.05) is 42.0 Å². The number of thioether (sulfide) groups is 1. The monoisotopic (exact) mass is 587 g/mol. The summed E-state index contributed by atoms with van der Waals surface area (Å²) >= 11 is 2.31. The molecule has 1 atom stereocenters. The molecule has 10 heteroatoms. The second-order valence-electron chi connectivity index (χ2n) is 9.17. The van der Waals surface area contributed by atoms with Crippen molar-refractivity contribution in [1.29, 1.82) is 0 Å². The Balaban J connectivity index is 1.46. The average molecular weight is 588 g/mol. The van der Waals surface area contributed by atoms with Crippen LogP contribution in [-0.2, 0) is 9.53 Å². The number of para-hydroxylation sites is 1. The van der Waals surface area contributed by atoms with Gasteiger partial charge < -0.3 is 20.7 Å². The van der Waals surface area contributed by atoms with Crippen molar-refractivity contribution < 1.29 is 23.9 Å². The summed E-state index contributed by atoms with van der Waals surface area (Å²) in [5.41, 5.74) is 3.38. The molecule has 1 unspecified atom stereocenters. The van der Waals surface area contributed by atoms with Gasteiger partial charge in [0.25, 0.3) is 11.8 Å². The maximum Gasteiger partial charge on any atom is 0.341 e. The van der Waals surface area contributed by atoms with Crippen LogP contribution < -0.4 is 16.0 Å². The number of thiophene rings is 1. The molecule has 0 bridgehead atoms. The van der Waals surface area contributed by atoms with Crippen LogP contribution >= 0.6 is 23.1 Å². The van der Waals surface area contributed by atoms with Crippen LogP contribution in [0.4, 0.5) is 16.4 Å². The first-order valence-corrected chi connectivity index (χ1v) is 14.4. The van der Waals surface area contributed by atoms with E-state index in [2.05, 4.69) is 16.0 Å². The zero-order valence-corrected chi connectivity index (χ0v) is 24.6. The van der Waals surface area contributed by atoms with Crippen molar-refractivity contribution in [3.63, 3.8) is 0 Å². The molecule has 8 nitrogen and oxygen atoms in total. The van der Waals surface area contributed by atoms with Crippen LogP contribution in [0.3, 0.4) is 0 Å². The summed E-state index contributed by atoms with van der Waals surface area (Å²) in [6.45, 7) is 5.34. The lowest BCUT2D eigenvalue weighted by Gasteiger charge is -2.13. The Morgan fingerprint density at radius 2 is 1.46 bits per heavy atom. The third kappa shape index (κ3) is 7.41. The molecular weight excluding hydrogens is 558 g/mol. The van der Waals surface area contributed by atoms with Crippen molar-refractivity contribution >= 4 is 63.2 Å². The molecule has 1 heterocycles. The molecule has 0 saturated carbocycles. The molecule has 0 fully saturated rings. The van der Waals surface area contributed by atoms with Gasteiger partial charge in [0.2, 0.25) is 5.91 Å². The molecule has 3 aromatic carbocycles. The number of amides is 3. The summed E-state index contributed by atoms with van der Waals surface area (Å²) in [6, 6.07) is 23.5. The van der Waals surface area contributed by atoms with Gasteiger partial charge in [0.05, 0.1) is 22.8 Å². The first-order valence-electron chi connectivity index (χ1n) is 12.7. The number of benzene rings is 3. The number of methoxy groups -OCH3 is 1. The second-order valence-corrected chi connectivity index (χ2v) is 11.6. The quantitative estimate of drug-likeness (QED) is 0.147. The van der Waals surface area contributed by atoms with E-state index >= 15 is 0 Å². The molecule has 0 spiro atoms. The fourth-order valence-electron chi connectivity index (χ4n) is 3.90. The Labute approximate surface area is 246 Å². The number of aryl methyl sites for hydroxylation is 1. The van der Waals surface area contributed by atoms with Gasteiger partial charge in [-0.05, 0) is 68.8 Å². The molecule has 1 aromatic heterocycles. The van der Waals surface area contributed by atoms with Crippen LogP contribution in [0.5, 0.6) is 0 Å². The number of hydrogen-bond donors (Lipinski definition) is 3. The summed E-state index contributed by atoms with van der Waals surface area (Å²) in [7, 11) is 1.25. The molecule has 4 aromatic rings.